The number of benzene rings is 1. The summed E-state index contributed by atoms with van der Waals surface area (Å²) in [5.74, 6) is 3.53. The average molecular weight is 199 g/mol. The lowest BCUT2D eigenvalue weighted by atomic mass is 9.92. The second kappa shape index (κ2) is 2.46. The third-order valence-electron chi connectivity index (χ3n) is 5.18. The number of hydrogen-bond donors (Lipinski definition) is 1. The molecule has 4 atom stereocenters. The molecule has 3 saturated carbocycles. The third kappa shape index (κ3) is 0.844. The maximum atomic E-state index is 6.64. The number of fused-ring (bicyclic) bond motifs is 5. The Hall–Kier alpha value is -0.820. The van der Waals surface area contributed by atoms with Crippen molar-refractivity contribution in [2.24, 2.45) is 29.4 Å². The molecule has 4 rings (SSSR count). The normalized spacial score (nSPS) is 50.5. The van der Waals surface area contributed by atoms with Crippen LogP contribution in [0.25, 0.3) is 0 Å². The van der Waals surface area contributed by atoms with E-state index in [0.29, 0.717) is 0 Å². The molecule has 1 heteroatoms. The fourth-order valence-corrected chi connectivity index (χ4v) is 4.65. The summed E-state index contributed by atoms with van der Waals surface area (Å²) in [4.78, 5) is 0. The van der Waals surface area contributed by atoms with E-state index in [1.165, 1.54) is 24.8 Å². The number of nitrogens with two attached hydrogens (primary N) is 1. The summed E-state index contributed by atoms with van der Waals surface area (Å²) in [6, 6.07) is 10.8. The Morgan fingerprint density at radius 3 is 2.20 bits per heavy atom. The Bertz CT molecular complexity index is 381. The lowest BCUT2D eigenvalue weighted by Crippen LogP contribution is -2.28. The van der Waals surface area contributed by atoms with Crippen LogP contribution in [-0.2, 0) is 5.54 Å². The molecule has 0 amide bonds. The summed E-state index contributed by atoms with van der Waals surface area (Å²) in [7, 11) is 0. The first kappa shape index (κ1) is 8.35. The number of rotatable bonds is 1. The maximum Gasteiger partial charge on any atom is 0.0479 e. The van der Waals surface area contributed by atoms with Crippen molar-refractivity contribution in [1.82, 2.24) is 0 Å². The Morgan fingerprint density at radius 1 is 1.00 bits per heavy atom. The molecule has 3 fully saturated rings. The van der Waals surface area contributed by atoms with Crippen LogP contribution < -0.4 is 5.73 Å². The van der Waals surface area contributed by atoms with Crippen molar-refractivity contribution >= 4 is 0 Å². The van der Waals surface area contributed by atoms with Gasteiger partial charge in [0.15, 0.2) is 0 Å². The Morgan fingerprint density at radius 2 is 1.60 bits per heavy atom. The molecule has 78 valence electrons. The van der Waals surface area contributed by atoms with Gasteiger partial charge in [-0.2, -0.15) is 0 Å². The van der Waals surface area contributed by atoms with Crippen molar-refractivity contribution in [2.45, 2.75) is 24.8 Å². The number of hydrogen-bond acceptors (Lipinski definition) is 1. The molecular weight excluding hydrogens is 182 g/mol. The van der Waals surface area contributed by atoms with Crippen molar-refractivity contribution in [3.8, 4) is 0 Å². The van der Waals surface area contributed by atoms with Crippen LogP contribution in [0.5, 0.6) is 0 Å². The van der Waals surface area contributed by atoms with E-state index in [9.17, 15) is 0 Å². The van der Waals surface area contributed by atoms with E-state index in [-0.39, 0.29) is 5.54 Å². The van der Waals surface area contributed by atoms with Gasteiger partial charge in [-0.15, -0.1) is 0 Å². The van der Waals surface area contributed by atoms with Crippen LogP contribution in [0.4, 0.5) is 0 Å². The van der Waals surface area contributed by atoms with Gasteiger partial charge in [-0.25, -0.2) is 0 Å². The highest BCUT2D eigenvalue weighted by Gasteiger charge is 2.73. The van der Waals surface area contributed by atoms with Crippen LogP contribution in [0.3, 0.4) is 0 Å². The van der Waals surface area contributed by atoms with Gasteiger partial charge < -0.3 is 5.73 Å². The van der Waals surface area contributed by atoms with Gasteiger partial charge in [-0.3, -0.25) is 0 Å². The Balaban J connectivity index is 1.75. The summed E-state index contributed by atoms with van der Waals surface area (Å²) in [6.45, 7) is 0. The van der Waals surface area contributed by atoms with E-state index in [1.54, 1.807) is 0 Å². The van der Waals surface area contributed by atoms with Crippen LogP contribution in [0.15, 0.2) is 30.3 Å². The van der Waals surface area contributed by atoms with Gasteiger partial charge in [0.25, 0.3) is 0 Å². The smallest absolute Gasteiger partial charge is 0.0479 e. The molecule has 0 aliphatic heterocycles. The van der Waals surface area contributed by atoms with Gasteiger partial charge >= 0.3 is 0 Å². The van der Waals surface area contributed by atoms with E-state index in [1.807, 2.05) is 0 Å². The van der Waals surface area contributed by atoms with Crippen LogP contribution >= 0.6 is 0 Å². The second-order valence-electron chi connectivity index (χ2n) is 5.68. The van der Waals surface area contributed by atoms with Gasteiger partial charge in [0.05, 0.1) is 0 Å². The largest absolute Gasteiger partial charge is 0.321 e. The van der Waals surface area contributed by atoms with E-state index in [4.69, 9.17) is 5.73 Å². The SMILES string of the molecule is NC1(c2ccccc2)C2C3CCC(C3)C21. The van der Waals surface area contributed by atoms with Gasteiger partial charge in [0.1, 0.15) is 0 Å². The predicted octanol–water partition coefficient (Wildman–Crippen LogP) is 2.52. The monoisotopic (exact) mass is 199 g/mol. The van der Waals surface area contributed by atoms with Gasteiger partial charge in [-0.1, -0.05) is 30.3 Å². The first-order valence-corrected chi connectivity index (χ1v) is 6.16. The molecule has 4 unspecified atom stereocenters. The molecule has 0 heterocycles. The van der Waals surface area contributed by atoms with Crippen LogP contribution in [0.2, 0.25) is 0 Å². The molecule has 0 saturated heterocycles. The van der Waals surface area contributed by atoms with Crippen LogP contribution in [0, 0.1) is 23.7 Å². The summed E-state index contributed by atoms with van der Waals surface area (Å²) in [6.07, 6.45) is 4.36. The lowest BCUT2D eigenvalue weighted by molar-refractivity contribution is 0.423. The summed E-state index contributed by atoms with van der Waals surface area (Å²) < 4.78 is 0. The molecule has 1 aromatic carbocycles. The Kier molecular flexibility index (Phi) is 1.37. The zero-order valence-electron chi connectivity index (χ0n) is 8.89. The topological polar surface area (TPSA) is 26.0 Å². The third-order valence-corrected chi connectivity index (χ3v) is 5.18. The molecule has 0 spiro atoms. The van der Waals surface area contributed by atoms with Gasteiger partial charge in [-0.05, 0) is 48.5 Å². The highest BCUT2D eigenvalue weighted by atomic mass is 15.0. The van der Waals surface area contributed by atoms with Crippen molar-refractivity contribution in [3.63, 3.8) is 0 Å². The molecule has 3 aliphatic carbocycles. The fraction of sp³-hybridized carbons (Fsp3) is 0.571. The van der Waals surface area contributed by atoms with E-state index < -0.39 is 0 Å². The summed E-state index contributed by atoms with van der Waals surface area (Å²) >= 11 is 0. The van der Waals surface area contributed by atoms with Crippen molar-refractivity contribution < 1.29 is 0 Å². The first-order valence-electron chi connectivity index (χ1n) is 6.16. The molecule has 1 aromatic rings. The molecule has 0 aromatic heterocycles. The first-order chi connectivity index (χ1) is 7.32. The summed E-state index contributed by atoms with van der Waals surface area (Å²) in [5.41, 5.74) is 8.08. The molecule has 0 radical (unpaired) electrons. The van der Waals surface area contributed by atoms with Crippen LogP contribution in [-0.4, -0.2) is 0 Å². The average Bonchev–Trinajstić information content (AvgIpc) is 2.69. The van der Waals surface area contributed by atoms with Crippen molar-refractivity contribution in [1.29, 1.82) is 0 Å². The van der Waals surface area contributed by atoms with Gasteiger partial charge in [0.2, 0.25) is 0 Å². The van der Waals surface area contributed by atoms with Crippen molar-refractivity contribution in [2.75, 3.05) is 0 Å². The minimum atomic E-state index is 0.0609. The fourth-order valence-electron chi connectivity index (χ4n) is 4.65. The molecule has 2 N–H and O–H groups in total. The van der Waals surface area contributed by atoms with Crippen LogP contribution in [0.1, 0.15) is 24.8 Å². The van der Waals surface area contributed by atoms with Crippen molar-refractivity contribution in [3.05, 3.63) is 35.9 Å². The minimum absolute atomic E-state index is 0.0609. The minimum Gasteiger partial charge on any atom is -0.321 e. The van der Waals surface area contributed by atoms with E-state index >= 15 is 0 Å². The second-order valence-corrected chi connectivity index (χ2v) is 5.68. The quantitative estimate of drug-likeness (QED) is 0.739. The van der Waals surface area contributed by atoms with E-state index in [0.717, 1.165) is 23.7 Å². The zero-order valence-corrected chi connectivity index (χ0v) is 8.89. The molecular formula is C14H17N. The summed E-state index contributed by atoms with van der Waals surface area (Å²) in [5, 5.41) is 0. The lowest BCUT2D eigenvalue weighted by Gasteiger charge is -2.19. The molecule has 1 nitrogen and oxygen atoms in total. The highest BCUT2D eigenvalue weighted by Crippen LogP contribution is 2.73. The predicted molar refractivity (Wildman–Crippen MR) is 60.1 cm³/mol. The standard InChI is InChI=1S/C14H17N/c15-14(11-4-2-1-3-5-11)12-9-6-7-10(8-9)13(12)14/h1-5,9-10,12-13H,6-8,15H2. The van der Waals surface area contributed by atoms with E-state index in [2.05, 4.69) is 30.3 Å². The van der Waals surface area contributed by atoms with Gasteiger partial charge in [0, 0.05) is 5.54 Å². The molecule has 2 bridgehead atoms. The molecule has 15 heavy (non-hydrogen) atoms. The zero-order chi connectivity index (χ0) is 10.0. The maximum absolute atomic E-state index is 6.64. The molecule has 3 aliphatic rings. The highest BCUT2D eigenvalue weighted by molar-refractivity contribution is 5.38. The Labute approximate surface area is 90.7 Å².